The van der Waals surface area contributed by atoms with E-state index in [4.69, 9.17) is 11.6 Å². The van der Waals surface area contributed by atoms with E-state index in [0.29, 0.717) is 0 Å². The first-order valence-electron chi connectivity index (χ1n) is 6.86. The number of nitrogens with zero attached hydrogens (tertiary/aromatic N) is 2. The summed E-state index contributed by atoms with van der Waals surface area (Å²) in [5, 5.41) is 8.51. The van der Waals surface area contributed by atoms with Crippen LogP contribution >= 0.6 is 11.6 Å². The van der Waals surface area contributed by atoms with E-state index in [1.165, 1.54) is 11.1 Å². The van der Waals surface area contributed by atoms with E-state index in [1.54, 1.807) is 6.20 Å². The highest BCUT2D eigenvalue weighted by Gasteiger charge is 2.03. The summed E-state index contributed by atoms with van der Waals surface area (Å²) in [7, 11) is 0. The van der Waals surface area contributed by atoms with Gasteiger partial charge in [-0.1, -0.05) is 41.9 Å². The van der Waals surface area contributed by atoms with Gasteiger partial charge < -0.3 is 5.32 Å². The Labute approximate surface area is 129 Å². The van der Waals surface area contributed by atoms with Crippen molar-refractivity contribution < 1.29 is 0 Å². The van der Waals surface area contributed by atoms with Crippen molar-refractivity contribution in [3.05, 3.63) is 83.1 Å². The zero-order valence-electron chi connectivity index (χ0n) is 11.5. The van der Waals surface area contributed by atoms with Crippen molar-refractivity contribution in [1.29, 1.82) is 0 Å². The Hall–Kier alpha value is -2.10. The second-order valence-electron chi connectivity index (χ2n) is 4.81. The Morgan fingerprint density at radius 1 is 1.00 bits per heavy atom. The van der Waals surface area contributed by atoms with Crippen LogP contribution in [0.2, 0.25) is 5.02 Å². The Morgan fingerprint density at radius 3 is 2.71 bits per heavy atom. The van der Waals surface area contributed by atoms with E-state index in [2.05, 4.69) is 28.6 Å². The van der Waals surface area contributed by atoms with Crippen LogP contribution in [0.3, 0.4) is 0 Å². The van der Waals surface area contributed by atoms with Crippen LogP contribution < -0.4 is 5.32 Å². The molecule has 4 heteroatoms. The summed E-state index contributed by atoms with van der Waals surface area (Å²) in [6.07, 6.45) is 3.74. The van der Waals surface area contributed by atoms with Crippen molar-refractivity contribution >= 4 is 11.6 Å². The fourth-order valence-corrected chi connectivity index (χ4v) is 2.50. The van der Waals surface area contributed by atoms with Gasteiger partial charge in [-0.05, 0) is 35.4 Å². The summed E-state index contributed by atoms with van der Waals surface area (Å²) >= 11 is 5.99. The third-order valence-corrected chi connectivity index (χ3v) is 3.51. The van der Waals surface area contributed by atoms with Gasteiger partial charge in [-0.15, -0.1) is 0 Å². The van der Waals surface area contributed by atoms with E-state index in [-0.39, 0.29) is 0 Å². The van der Waals surface area contributed by atoms with Crippen LogP contribution in [0.5, 0.6) is 0 Å². The molecule has 0 saturated carbocycles. The standard InChI is InChI=1S/C17H16ClN3/c18-16-7-3-5-14(11-16)12-19-13-15-6-1-2-8-17(15)21-10-4-9-20-21/h1-11,19H,12-13H2. The average molecular weight is 298 g/mol. The zero-order valence-corrected chi connectivity index (χ0v) is 12.3. The normalized spacial score (nSPS) is 10.7. The number of hydrogen-bond acceptors (Lipinski definition) is 2. The molecular formula is C17H16ClN3. The molecule has 0 aliphatic rings. The molecule has 0 atom stereocenters. The van der Waals surface area contributed by atoms with Gasteiger partial charge in [-0.3, -0.25) is 0 Å². The van der Waals surface area contributed by atoms with Crippen molar-refractivity contribution in [2.24, 2.45) is 0 Å². The summed E-state index contributed by atoms with van der Waals surface area (Å²) in [6, 6.07) is 18.1. The van der Waals surface area contributed by atoms with E-state index in [1.807, 2.05) is 47.3 Å². The molecule has 3 rings (SSSR count). The lowest BCUT2D eigenvalue weighted by molar-refractivity contribution is 0.686. The van der Waals surface area contributed by atoms with Gasteiger partial charge in [0.2, 0.25) is 0 Å². The number of rotatable bonds is 5. The molecule has 0 spiro atoms. The molecule has 1 heterocycles. The van der Waals surface area contributed by atoms with Crippen LogP contribution in [0.25, 0.3) is 5.69 Å². The van der Waals surface area contributed by atoms with Crippen LogP contribution in [0.1, 0.15) is 11.1 Å². The minimum atomic E-state index is 0.770. The fraction of sp³-hybridized carbons (Fsp3) is 0.118. The summed E-state index contributed by atoms with van der Waals surface area (Å²) in [5.74, 6) is 0. The van der Waals surface area contributed by atoms with Crippen molar-refractivity contribution in [3.8, 4) is 5.69 Å². The SMILES string of the molecule is Clc1cccc(CNCc2ccccc2-n2cccn2)c1. The van der Waals surface area contributed by atoms with Crippen molar-refractivity contribution in [1.82, 2.24) is 15.1 Å². The molecule has 0 aliphatic heterocycles. The summed E-state index contributed by atoms with van der Waals surface area (Å²) in [6.45, 7) is 1.57. The Bertz CT molecular complexity index is 708. The lowest BCUT2D eigenvalue weighted by Gasteiger charge is -2.11. The third-order valence-electron chi connectivity index (χ3n) is 3.28. The molecular weight excluding hydrogens is 282 g/mol. The lowest BCUT2D eigenvalue weighted by atomic mass is 10.1. The number of aromatic nitrogens is 2. The third kappa shape index (κ3) is 3.51. The average Bonchev–Trinajstić information content (AvgIpc) is 3.02. The molecule has 21 heavy (non-hydrogen) atoms. The summed E-state index contributed by atoms with van der Waals surface area (Å²) < 4.78 is 1.89. The smallest absolute Gasteiger partial charge is 0.0690 e. The fourth-order valence-electron chi connectivity index (χ4n) is 2.28. The van der Waals surface area contributed by atoms with E-state index >= 15 is 0 Å². The number of hydrogen-bond donors (Lipinski definition) is 1. The van der Waals surface area contributed by atoms with Crippen LogP contribution in [0.15, 0.2) is 67.0 Å². The Balaban J connectivity index is 1.69. The molecule has 0 aliphatic carbocycles. The molecule has 106 valence electrons. The minimum Gasteiger partial charge on any atom is -0.309 e. The van der Waals surface area contributed by atoms with Crippen LogP contribution in [0, 0.1) is 0 Å². The summed E-state index contributed by atoms with van der Waals surface area (Å²) in [5.41, 5.74) is 3.49. The maximum Gasteiger partial charge on any atom is 0.0690 e. The monoisotopic (exact) mass is 297 g/mol. The first kappa shape index (κ1) is 13.9. The molecule has 2 aromatic carbocycles. The predicted octanol–water partition coefficient (Wildman–Crippen LogP) is 3.82. The maximum atomic E-state index is 5.99. The molecule has 1 aromatic heterocycles. The highest BCUT2D eigenvalue weighted by Crippen LogP contribution is 2.14. The Morgan fingerprint density at radius 2 is 1.90 bits per heavy atom. The van der Waals surface area contributed by atoms with E-state index < -0.39 is 0 Å². The van der Waals surface area contributed by atoms with Gasteiger partial charge in [0.15, 0.2) is 0 Å². The number of nitrogens with one attached hydrogen (secondary N) is 1. The van der Waals surface area contributed by atoms with Gasteiger partial charge in [0.25, 0.3) is 0 Å². The summed E-state index contributed by atoms with van der Waals surface area (Å²) in [4.78, 5) is 0. The van der Waals surface area contributed by atoms with Gasteiger partial charge in [-0.25, -0.2) is 4.68 Å². The van der Waals surface area contributed by atoms with Gasteiger partial charge in [0.05, 0.1) is 5.69 Å². The second kappa shape index (κ2) is 6.57. The molecule has 0 bridgehead atoms. The molecule has 0 unspecified atom stereocenters. The molecule has 0 saturated heterocycles. The quantitative estimate of drug-likeness (QED) is 0.776. The van der Waals surface area contributed by atoms with Gasteiger partial charge in [0, 0.05) is 30.5 Å². The first-order chi connectivity index (χ1) is 10.3. The highest BCUT2D eigenvalue weighted by molar-refractivity contribution is 6.30. The first-order valence-corrected chi connectivity index (χ1v) is 7.24. The highest BCUT2D eigenvalue weighted by atomic mass is 35.5. The Kier molecular flexibility index (Phi) is 4.34. The van der Waals surface area contributed by atoms with Crippen LogP contribution in [-0.4, -0.2) is 9.78 Å². The molecule has 3 aromatic rings. The van der Waals surface area contributed by atoms with Crippen molar-refractivity contribution in [3.63, 3.8) is 0 Å². The topological polar surface area (TPSA) is 29.9 Å². The maximum absolute atomic E-state index is 5.99. The zero-order chi connectivity index (χ0) is 14.5. The number of benzene rings is 2. The minimum absolute atomic E-state index is 0.770. The predicted molar refractivity (Wildman–Crippen MR) is 85.6 cm³/mol. The van der Waals surface area contributed by atoms with Crippen LogP contribution in [-0.2, 0) is 13.1 Å². The molecule has 0 fully saturated rings. The number of para-hydroxylation sites is 1. The van der Waals surface area contributed by atoms with Crippen molar-refractivity contribution in [2.45, 2.75) is 13.1 Å². The molecule has 1 N–H and O–H groups in total. The van der Waals surface area contributed by atoms with Crippen molar-refractivity contribution in [2.75, 3.05) is 0 Å². The lowest BCUT2D eigenvalue weighted by Crippen LogP contribution is -2.14. The van der Waals surface area contributed by atoms with E-state index in [9.17, 15) is 0 Å². The van der Waals surface area contributed by atoms with Crippen LogP contribution in [0.4, 0.5) is 0 Å². The molecule has 0 amide bonds. The second-order valence-corrected chi connectivity index (χ2v) is 5.25. The number of halogens is 1. The van der Waals surface area contributed by atoms with Gasteiger partial charge in [-0.2, -0.15) is 5.10 Å². The molecule has 3 nitrogen and oxygen atoms in total. The molecule has 0 radical (unpaired) electrons. The van der Waals surface area contributed by atoms with E-state index in [0.717, 1.165) is 23.8 Å². The van der Waals surface area contributed by atoms with Gasteiger partial charge >= 0.3 is 0 Å². The largest absolute Gasteiger partial charge is 0.309 e. The van der Waals surface area contributed by atoms with Gasteiger partial charge in [0.1, 0.15) is 0 Å².